The van der Waals surface area contributed by atoms with Crippen LogP contribution in [0.25, 0.3) is 0 Å². The Morgan fingerprint density at radius 3 is 2.25 bits per heavy atom. The minimum Gasteiger partial charge on any atom is -0.478 e. The fourth-order valence-corrected chi connectivity index (χ4v) is 2.82. The summed E-state index contributed by atoms with van der Waals surface area (Å²) in [5.74, 6) is -0.146. The van der Waals surface area contributed by atoms with E-state index in [0.29, 0.717) is 12.5 Å². The lowest BCUT2D eigenvalue weighted by Gasteiger charge is -2.28. The summed E-state index contributed by atoms with van der Waals surface area (Å²) in [5, 5.41) is 8.38. The van der Waals surface area contributed by atoms with E-state index in [0.717, 1.165) is 24.5 Å². The molecule has 1 rings (SSSR count). The van der Waals surface area contributed by atoms with Crippen molar-refractivity contribution >= 4 is 11.9 Å². The molecule has 4 heteroatoms. The zero-order valence-electron chi connectivity index (χ0n) is 12.3. The topological polar surface area (TPSA) is 63.6 Å². The standard InChI is InChI=1S/C16H26O4/c1-2-3-4-13-5-7-14(8-6-13)11-12-20-16(19)10-9-15(17)18/h9-10,13-14H,2-8,11-12H2,1H3,(H,17,18)/b10-9+. The van der Waals surface area contributed by atoms with Gasteiger partial charge in [0.05, 0.1) is 6.61 Å². The van der Waals surface area contributed by atoms with Gasteiger partial charge in [-0.1, -0.05) is 51.9 Å². The maximum atomic E-state index is 11.2. The van der Waals surface area contributed by atoms with Gasteiger partial charge in [-0.05, 0) is 18.3 Å². The number of carboxylic acids is 1. The minimum absolute atomic E-state index is 0.396. The number of aliphatic carboxylic acids is 1. The fourth-order valence-electron chi connectivity index (χ4n) is 2.82. The van der Waals surface area contributed by atoms with Gasteiger partial charge in [0.1, 0.15) is 0 Å². The Kier molecular flexibility index (Phi) is 8.00. The third-order valence-corrected chi connectivity index (χ3v) is 4.06. The van der Waals surface area contributed by atoms with Crippen LogP contribution in [0, 0.1) is 11.8 Å². The maximum absolute atomic E-state index is 11.2. The fraction of sp³-hybridized carbons (Fsp3) is 0.750. The van der Waals surface area contributed by atoms with Crippen molar-refractivity contribution in [3.63, 3.8) is 0 Å². The van der Waals surface area contributed by atoms with Crippen LogP contribution in [0.15, 0.2) is 12.2 Å². The van der Waals surface area contributed by atoms with E-state index in [-0.39, 0.29) is 0 Å². The van der Waals surface area contributed by atoms with Crippen molar-refractivity contribution in [2.24, 2.45) is 11.8 Å². The highest BCUT2D eigenvalue weighted by atomic mass is 16.5. The summed E-state index contributed by atoms with van der Waals surface area (Å²) < 4.78 is 5.00. The molecule has 0 aliphatic heterocycles. The normalized spacial score (nSPS) is 22.9. The van der Waals surface area contributed by atoms with Crippen molar-refractivity contribution < 1.29 is 19.4 Å². The van der Waals surface area contributed by atoms with Gasteiger partial charge < -0.3 is 9.84 Å². The second-order valence-electron chi connectivity index (χ2n) is 5.66. The summed E-state index contributed by atoms with van der Waals surface area (Å²) in [6, 6.07) is 0. The zero-order chi connectivity index (χ0) is 14.8. The zero-order valence-corrected chi connectivity index (χ0v) is 12.3. The van der Waals surface area contributed by atoms with E-state index in [1.807, 2.05) is 0 Å². The molecule has 20 heavy (non-hydrogen) atoms. The smallest absolute Gasteiger partial charge is 0.331 e. The molecule has 0 bridgehead atoms. The van der Waals surface area contributed by atoms with Gasteiger partial charge >= 0.3 is 11.9 Å². The van der Waals surface area contributed by atoms with Crippen LogP contribution in [-0.4, -0.2) is 23.7 Å². The van der Waals surface area contributed by atoms with Gasteiger partial charge in [0.2, 0.25) is 0 Å². The summed E-state index contributed by atoms with van der Waals surface area (Å²) in [4.78, 5) is 21.4. The van der Waals surface area contributed by atoms with Gasteiger partial charge in [-0.25, -0.2) is 9.59 Å². The SMILES string of the molecule is CCCCC1CCC(CCOC(=O)/C=C/C(=O)O)CC1. The molecule has 4 nitrogen and oxygen atoms in total. The Labute approximate surface area is 121 Å². The second-order valence-corrected chi connectivity index (χ2v) is 5.66. The predicted octanol–water partition coefficient (Wildman–Crippen LogP) is 3.56. The molecule has 0 saturated heterocycles. The van der Waals surface area contributed by atoms with E-state index in [4.69, 9.17) is 9.84 Å². The van der Waals surface area contributed by atoms with Crippen LogP contribution in [0.5, 0.6) is 0 Å². The summed E-state index contributed by atoms with van der Waals surface area (Å²) in [7, 11) is 0. The number of esters is 1. The van der Waals surface area contributed by atoms with Crippen molar-refractivity contribution in [3.8, 4) is 0 Å². The first kappa shape index (κ1) is 16.7. The molecule has 114 valence electrons. The minimum atomic E-state index is -1.13. The van der Waals surface area contributed by atoms with Crippen LogP contribution in [0.4, 0.5) is 0 Å². The first-order valence-corrected chi connectivity index (χ1v) is 7.69. The molecule has 0 aromatic heterocycles. The largest absolute Gasteiger partial charge is 0.478 e. The monoisotopic (exact) mass is 282 g/mol. The van der Waals surface area contributed by atoms with Crippen LogP contribution < -0.4 is 0 Å². The number of carboxylic acid groups (broad SMARTS) is 1. The number of carbonyl (C=O) groups excluding carboxylic acids is 1. The van der Waals surface area contributed by atoms with Gasteiger partial charge in [0.25, 0.3) is 0 Å². The summed E-state index contributed by atoms with van der Waals surface area (Å²) in [6.45, 7) is 2.63. The average molecular weight is 282 g/mol. The van der Waals surface area contributed by atoms with Crippen LogP contribution >= 0.6 is 0 Å². The molecular formula is C16H26O4. The number of unbranched alkanes of at least 4 members (excludes halogenated alkanes) is 1. The third kappa shape index (κ3) is 7.31. The quantitative estimate of drug-likeness (QED) is 0.546. The molecule has 0 heterocycles. The molecule has 0 aromatic rings. The second kappa shape index (κ2) is 9.56. The van der Waals surface area contributed by atoms with Crippen molar-refractivity contribution in [1.29, 1.82) is 0 Å². The number of rotatable bonds is 8. The molecule has 0 unspecified atom stereocenters. The highest BCUT2D eigenvalue weighted by Crippen LogP contribution is 2.33. The molecule has 1 aliphatic carbocycles. The van der Waals surface area contributed by atoms with Crippen LogP contribution in [0.2, 0.25) is 0 Å². The van der Waals surface area contributed by atoms with Gasteiger partial charge in [0.15, 0.2) is 0 Å². The highest BCUT2D eigenvalue weighted by molar-refractivity contribution is 5.90. The number of hydrogen-bond donors (Lipinski definition) is 1. The van der Waals surface area contributed by atoms with Gasteiger partial charge in [-0.15, -0.1) is 0 Å². The molecule has 0 atom stereocenters. The number of hydrogen-bond acceptors (Lipinski definition) is 3. The summed E-state index contributed by atoms with van der Waals surface area (Å²) in [6.07, 6.45) is 11.7. The van der Waals surface area contributed by atoms with E-state index >= 15 is 0 Å². The van der Waals surface area contributed by atoms with Crippen molar-refractivity contribution in [1.82, 2.24) is 0 Å². The summed E-state index contributed by atoms with van der Waals surface area (Å²) in [5.41, 5.74) is 0. The molecule has 0 aromatic carbocycles. The van der Waals surface area contributed by atoms with E-state index in [1.165, 1.54) is 44.9 Å². The lowest BCUT2D eigenvalue weighted by atomic mass is 9.79. The first-order chi connectivity index (χ1) is 9.61. The van der Waals surface area contributed by atoms with Gasteiger partial charge in [-0.3, -0.25) is 0 Å². The Morgan fingerprint density at radius 1 is 1.10 bits per heavy atom. The first-order valence-electron chi connectivity index (χ1n) is 7.69. The lowest BCUT2D eigenvalue weighted by Crippen LogP contribution is -2.16. The predicted molar refractivity (Wildman–Crippen MR) is 77.3 cm³/mol. The Morgan fingerprint density at radius 2 is 1.70 bits per heavy atom. The lowest BCUT2D eigenvalue weighted by molar-refractivity contribution is -0.139. The maximum Gasteiger partial charge on any atom is 0.331 e. The Bertz CT molecular complexity index is 327. The van der Waals surface area contributed by atoms with Crippen molar-refractivity contribution in [2.75, 3.05) is 6.61 Å². The molecule has 1 saturated carbocycles. The molecular weight excluding hydrogens is 256 g/mol. The number of ether oxygens (including phenoxy) is 1. The van der Waals surface area contributed by atoms with E-state index < -0.39 is 11.9 Å². The van der Waals surface area contributed by atoms with Crippen molar-refractivity contribution in [2.45, 2.75) is 58.3 Å². The van der Waals surface area contributed by atoms with E-state index in [9.17, 15) is 9.59 Å². The molecule has 0 spiro atoms. The third-order valence-electron chi connectivity index (χ3n) is 4.06. The Balaban J connectivity index is 2.09. The van der Waals surface area contributed by atoms with Crippen molar-refractivity contribution in [3.05, 3.63) is 12.2 Å². The van der Waals surface area contributed by atoms with Gasteiger partial charge in [-0.2, -0.15) is 0 Å². The Hall–Kier alpha value is -1.32. The van der Waals surface area contributed by atoms with E-state index in [1.54, 1.807) is 0 Å². The van der Waals surface area contributed by atoms with E-state index in [2.05, 4.69) is 6.92 Å². The molecule has 0 radical (unpaired) electrons. The molecule has 1 N–H and O–H groups in total. The van der Waals surface area contributed by atoms with Crippen LogP contribution in [-0.2, 0) is 14.3 Å². The average Bonchev–Trinajstić information content (AvgIpc) is 2.44. The molecule has 0 amide bonds. The summed E-state index contributed by atoms with van der Waals surface area (Å²) >= 11 is 0. The van der Waals surface area contributed by atoms with Crippen LogP contribution in [0.1, 0.15) is 58.3 Å². The highest BCUT2D eigenvalue weighted by Gasteiger charge is 2.20. The number of carbonyl (C=O) groups is 2. The van der Waals surface area contributed by atoms with Crippen LogP contribution in [0.3, 0.4) is 0 Å². The van der Waals surface area contributed by atoms with Gasteiger partial charge in [0, 0.05) is 12.2 Å². The molecule has 1 fully saturated rings. The molecule has 1 aliphatic rings.